The van der Waals surface area contributed by atoms with Gasteiger partial charge in [-0.3, -0.25) is 14.0 Å². The van der Waals surface area contributed by atoms with E-state index in [1.165, 1.54) is 12.2 Å². The molecule has 1 fully saturated rings. The molecule has 2 aromatic heterocycles. The van der Waals surface area contributed by atoms with Crippen LogP contribution in [-0.2, 0) is 7.05 Å². The molecule has 0 radical (unpaired) electrons. The van der Waals surface area contributed by atoms with Crippen molar-refractivity contribution in [2.45, 2.75) is 26.3 Å². The quantitative estimate of drug-likeness (QED) is 0.434. The van der Waals surface area contributed by atoms with Gasteiger partial charge in [-0.05, 0) is 69.8 Å². The lowest BCUT2D eigenvalue weighted by atomic mass is 10.1. The Morgan fingerprint density at radius 2 is 2.14 bits per heavy atom. The molecule has 1 aliphatic heterocycles. The van der Waals surface area contributed by atoms with Gasteiger partial charge in [-0.1, -0.05) is 6.58 Å². The van der Waals surface area contributed by atoms with E-state index in [-0.39, 0.29) is 23.2 Å². The number of nitriles is 1. The van der Waals surface area contributed by atoms with E-state index in [2.05, 4.69) is 26.9 Å². The van der Waals surface area contributed by atoms with Gasteiger partial charge in [0.2, 0.25) is 0 Å². The number of allylic oxidation sites excluding steroid dienone is 5. The summed E-state index contributed by atoms with van der Waals surface area (Å²) >= 11 is 0. The summed E-state index contributed by atoms with van der Waals surface area (Å²) in [6, 6.07) is 7.59. The van der Waals surface area contributed by atoms with Crippen LogP contribution in [0.4, 0.5) is 4.39 Å². The highest BCUT2D eigenvalue weighted by Gasteiger charge is 2.26. The highest BCUT2D eigenvalue weighted by Crippen LogP contribution is 2.27. The number of fused-ring (bicyclic) bond motifs is 1. The first-order valence-electron chi connectivity index (χ1n) is 11.3. The van der Waals surface area contributed by atoms with Crippen molar-refractivity contribution in [1.82, 2.24) is 29.5 Å². The molecule has 9 heteroatoms. The number of amides is 1. The number of carbonyl (C=O) groups excluding carboxylic acids is 1. The summed E-state index contributed by atoms with van der Waals surface area (Å²) in [5, 5.41) is 17.6. The minimum absolute atomic E-state index is 0.0510. The zero-order chi connectivity index (χ0) is 25.3. The maximum atomic E-state index is 14.7. The standard InChI is InChI=1S/C26H28FN7O/c1-6-18(13-28)22(27)11-16(2)25-30-24(26(35)29-20-9-10-32(4)15-20)17(3)34(25)21-7-8-23-19(12-21)14-33(5)31-23/h6-8,11-12,14,20H,1,9-10,15H2,2-5H3,(H,29,35)/b16-11+,22-18-/t20-/m1/s1. The van der Waals surface area contributed by atoms with Gasteiger partial charge in [0.05, 0.1) is 16.8 Å². The smallest absolute Gasteiger partial charge is 0.272 e. The second-order valence-electron chi connectivity index (χ2n) is 8.88. The molecule has 1 aromatic carbocycles. The predicted octanol–water partition coefficient (Wildman–Crippen LogP) is 3.84. The zero-order valence-electron chi connectivity index (χ0n) is 20.3. The van der Waals surface area contributed by atoms with Gasteiger partial charge in [-0.2, -0.15) is 10.4 Å². The lowest BCUT2D eigenvalue weighted by Gasteiger charge is -2.13. The van der Waals surface area contributed by atoms with Crippen molar-refractivity contribution in [1.29, 1.82) is 5.26 Å². The highest BCUT2D eigenvalue weighted by molar-refractivity contribution is 5.94. The molecule has 0 unspecified atom stereocenters. The lowest BCUT2D eigenvalue weighted by Crippen LogP contribution is -2.37. The first-order chi connectivity index (χ1) is 16.7. The third-order valence-corrected chi connectivity index (χ3v) is 6.19. The molecular formula is C26H28FN7O. The number of imidazole rings is 1. The molecule has 1 N–H and O–H groups in total. The summed E-state index contributed by atoms with van der Waals surface area (Å²) in [7, 11) is 3.87. The Morgan fingerprint density at radius 3 is 2.80 bits per heavy atom. The molecule has 0 bridgehead atoms. The molecule has 0 aliphatic carbocycles. The summed E-state index contributed by atoms with van der Waals surface area (Å²) in [6.07, 6.45) is 5.20. The average molecular weight is 474 g/mol. The lowest BCUT2D eigenvalue weighted by molar-refractivity contribution is 0.0933. The predicted molar refractivity (Wildman–Crippen MR) is 134 cm³/mol. The Morgan fingerprint density at radius 1 is 1.37 bits per heavy atom. The Kier molecular flexibility index (Phi) is 6.67. The van der Waals surface area contributed by atoms with E-state index in [0.29, 0.717) is 17.1 Å². The fraction of sp³-hybridized carbons (Fsp3) is 0.308. The average Bonchev–Trinajstić information content (AvgIpc) is 3.49. The number of likely N-dealkylation sites (N-methyl/N-ethyl adjacent to an activating group) is 1. The van der Waals surface area contributed by atoms with Gasteiger partial charge in [0.15, 0.2) is 0 Å². The number of aryl methyl sites for hydroxylation is 1. The number of aromatic nitrogens is 4. The van der Waals surface area contributed by atoms with Gasteiger partial charge < -0.3 is 10.2 Å². The maximum Gasteiger partial charge on any atom is 0.272 e. The summed E-state index contributed by atoms with van der Waals surface area (Å²) in [5.41, 5.74) is 2.82. The molecule has 1 aliphatic rings. The van der Waals surface area contributed by atoms with Crippen LogP contribution in [-0.4, -0.2) is 56.3 Å². The second kappa shape index (κ2) is 9.68. The van der Waals surface area contributed by atoms with E-state index in [0.717, 1.165) is 36.1 Å². The first-order valence-corrected chi connectivity index (χ1v) is 11.3. The normalized spacial score (nSPS) is 17.4. The fourth-order valence-electron chi connectivity index (χ4n) is 4.41. The van der Waals surface area contributed by atoms with Crippen LogP contribution in [0, 0.1) is 18.3 Å². The third kappa shape index (κ3) is 4.79. The molecule has 8 nitrogen and oxygen atoms in total. The van der Waals surface area contributed by atoms with Crippen molar-refractivity contribution < 1.29 is 9.18 Å². The number of benzene rings is 1. The molecule has 35 heavy (non-hydrogen) atoms. The Hall–Kier alpha value is -4.03. The SMILES string of the molecule is C=C/C(C#N)=C(F)\C=C(/C)c1nc(C(=O)N[C@@H]2CCN(C)C2)c(C)n1-c1ccc2nn(C)cc2c1. The van der Waals surface area contributed by atoms with E-state index in [1.54, 1.807) is 17.7 Å². The van der Waals surface area contributed by atoms with Gasteiger partial charge in [0.1, 0.15) is 23.4 Å². The molecule has 0 saturated carbocycles. The van der Waals surface area contributed by atoms with Crippen LogP contribution >= 0.6 is 0 Å². The molecule has 0 spiro atoms. The molecular weight excluding hydrogens is 445 g/mol. The van der Waals surface area contributed by atoms with Crippen molar-refractivity contribution >= 4 is 22.4 Å². The van der Waals surface area contributed by atoms with Crippen molar-refractivity contribution in [3.05, 3.63) is 71.7 Å². The zero-order valence-corrected chi connectivity index (χ0v) is 20.3. The van der Waals surface area contributed by atoms with Crippen LogP contribution in [0.1, 0.15) is 35.4 Å². The van der Waals surface area contributed by atoms with Gasteiger partial charge in [0.25, 0.3) is 5.91 Å². The molecule has 1 saturated heterocycles. The van der Waals surface area contributed by atoms with Crippen LogP contribution in [0.5, 0.6) is 0 Å². The first kappa shape index (κ1) is 24.1. The number of halogens is 1. The van der Waals surface area contributed by atoms with Crippen LogP contribution in [0.15, 0.2) is 54.5 Å². The largest absolute Gasteiger partial charge is 0.347 e. The Bertz CT molecular complexity index is 1420. The van der Waals surface area contributed by atoms with Gasteiger partial charge in [0, 0.05) is 36.9 Å². The number of carbonyl (C=O) groups is 1. The molecule has 1 atom stereocenters. The van der Waals surface area contributed by atoms with Crippen LogP contribution in [0.3, 0.4) is 0 Å². The highest BCUT2D eigenvalue weighted by atomic mass is 19.1. The van der Waals surface area contributed by atoms with Crippen LogP contribution in [0.2, 0.25) is 0 Å². The number of nitrogens with zero attached hydrogens (tertiary/aromatic N) is 6. The molecule has 4 rings (SSSR count). The van der Waals surface area contributed by atoms with E-state index < -0.39 is 5.83 Å². The van der Waals surface area contributed by atoms with E-state index in [4.69, 9.17) is 5.26 Å². The minimum Gasteiger partial charge on any atom is -0.347 e. The molecule has 1 amide bonds. The van der Waals surface area contributed by atoms with Crippen LogP contribution in [0.25, 0.3) is 22.2 Å². The summed E-state index contributed by atoms with van der Waals surface area (Å²) in [5.74, 6) is -0.566. The molecule has 3 aromatic rings. The summed E-state index contributed by atoms with van der Waals surface area (Å²) in [6.45, 7) is 8.72. The van der Waals surface area contributed by atoms with Crippen molar-refractivity contribution in [2.24, 2.45) is 7.05 Å². The number of hydrogen-bond acceptors (Lipinski definition) is 5. The summed E-state index contributed by atoms with van der Waals surface area (Å²) < 4.78 is 18.3. The number of likely N-dealkylation sites (tertiary alicyclic amines) is 1. The third-order valence-electron chi connectivity index (χ3n) is 6.19. The van der Waals surface area contributed by atoms with Crippen molar-refractivity contribution in [2.75, 3.05) is 20.1 Å². The van der Waals surface area contributed by atoms with Gasteiger partial charge in [-0.25, -0.2) is 9.37 Å². The fourth-order valence-corrected chi connectivity index (χ4v) is 4.41. The van der Waals surface area contributed by atoms with Gasteiger partial charge >= 0.3 is 0 Å². The number of rotatable bonds is 6. The molecule has 3 heterocycles. The second-order valence-corrected chi connectivity index (χ2v) is 8.88. The van der Waals surface area contributed by atoms with E-state index in [1.807, 2.05) is 50.0 Å². The minimum atomic E-state index is -0.713. The van der Waals surface area contributed by atoms with Crippen molar-refractivity contribution in [3.63, 3.8) is 0 Å². The van der Waals surface area contributed by atoms with Crippen molar-refractivity contribution in [3.8, 4) is 11.8 Å². The van der Waals surface area contributed by atoms with E-state index >= 15 is 0 Å². The summed E-state index contributed by atoms with van der Waals surface area (Å²) in [4.78, 5) is 20.0. The topological polar surface area (TPSA) is 91.8 Å². The number of nitrogens with one attached hydrogen (secondary N) is 1. The maximum absolute atomic E-state index is 14.7. The molecule has 180 valence electrons. The monoisotopic (exact) mass is 473 g/mol. The Labute approximate surface area is 203 Å². The Balaban J connectivity index is 1.83. The van der Waals surface area contributed by atoms with E-state index in [9.17, 15) is 9.18 Å². The van der Waals surface area contributed by atoms with Gasteiger partial charge in [-0.15, -0.1) is 0 Å². The van der Waals surface area contributed by atoms with Crippen LogP contribution < -0.4 is 5.32 Å². The number of hydrogen-bond donors (Lipinski definition) is 1.